The van der Waals surface area contributed by atoms with Gasteiger partial charge in [-0.25, -0.2) is 4.98 Å². The van der Waals surface area contributed by atoms with Crippen LogP contribution in [0.5, 0.6) is 0 Å². The Morgan fingerprint density at radius 1 is 1.06 bits per heavy atom. The Morgan fingerprint density at radius 3 is 2.73 bits per heavy atom. The first-order valence-electron chi connectivity index (χ1n) is 11.5. The lowest BCUT2D eigenvalue weighted by Gasteiger charge is -2.16. The quantitative estimate of drug-likeness (QED) is 0.269. The topological polar surface area (TPSA) is 88.0 Å². The highest BCUT2D eigenvalue weighted by molar-refractivity contribution is 5.98. The molecule has 0 bridgehead atoms. The highest BCUT2D eigenvalue weighted by Gasteiger charge is 2.21. The van der Waals surface area contributed by atoms with E-state index in [0.29, 0.717) is 42.3 Å². The van der Waals surface area contributed by atoms with Crippen molar-refractivity contribution in [1.82, 2.24) is 15.3 Å². The molecule has 2 N–H and O–H groups in total. The molecule has 0 spiro atoms. The van der Waals surface area contributed by atoms with E-state index in [4.69, 9.17) is 4.42 Å². The number of hydrogen-bond acceptors (Lipinski definition) is 4. The fourth-order valence-electron chi connectivity index (χ4n) is 3.90. The van der Waals surface area contributed by atoms with E-state index in [1.54, 1.807) is 6.20 Å². The van der Waals surface area contributed by atoms with E-state index in [-0.39, 0.29) is 11.9 Å². The smallest absolute Gasteiger partial charge is 0.252 e. The third-order valence-electron chi connectivity index (χ3n) is 5.85. The number of benzene rings is 2. The molecule has 0 radical (unpaired) electrons. The number of oxazole rings is 1. The Labute approximate surface area is 193 Å². The summed E-state index contributed by atoms with van der Waals surface area (Å²) in [5, 5.41) is 4.17. The number of unbranched alkanes of at least 4 members (excludes halogenated alkanes) is 2. The maximum Gasteiger partial charge on any atom is 0.252 e. The second-order valence-corrected chi connectivity index (χ2v) is 8.23. The number of amides is 1. The first-order valence-corrected chi connectivity index (χ1v) is 11.5. The predicted molar refractivity (Wildman–Crippen MR) is 129 cm³/mol. The van der Waals surface area contributed by atoms with Crippen LogP contribution in [0.2, 0.25) is 0 Å². The van der Waals surface area contributed by atoms with Crippen LogP contribution in [-0.4, -0.2) is 21.7 Å². The molecule has 2 aromatic heterocycles. The zero-order valence-corrected chi connectivity index (χ0v) is 18.8. The number of ketones is 1. The fourth-order valence-corrected chi connectivity index (χ4v) is 3.90. The monoisotopic (exact) mass is 443 g/mol. The second kappa shape index (κ2) is 10.8. The van der Waals surface area contributed by atoms with E-state index >= 15 is 0 Å². The molecule has 0 aliphatic rings. The molecular weight excluding hydrogens is 414 g/mol. The minimum absolute atomic E-state index is 0.169. The van der Waals surface area contributed by atoms with Gasteiger partial charge in [-0.05, 0) is 36.4 Å². The van der Waals surface area contributed by atoms with Crippen molar-refractivity contribution in [2.45, 2.75) is 51.5 Å². The number of carbonyl (C=O) groups is 2. The van der Waals surface area contributed by atoms with Crippen molar-refractivity contribution in [3.8, 4) is 11.3 Å². The fraction of sp³-hybridized carbons (Fsp3) is 0.296. The van der Waals surface area contributed by atoms with Crippen molar-refractivity contribution in [2.24, 2.45) is 0 Å². The van der Waals surface area contributed by atoms with E-state index in [1.807, 2.05) is 67.7 Å². The number of hydrogen-bond donors (Lipinski definition) is 2. The van der Waals surface area contributed by atoms with Crippen molar-refractivity contribution in [3.63, 3.8) is 0 Å². The molecule has 2 heterocycles. The van der Waals surface area contributed by atoms with Gasteiger partial charge in [0, 0.05) is 35.7 Å². The lowest BCUT2D eigenvalue weighted by atomic mass is 10.0. The van der Waals surface area contributed by atoms with E-state index < -0.39 is 0 Å². The lowest BCUT2D eigenvalue weighted by molar-refractivity contribution is -0.118. The zero-order chi connectivity index (χ0) is 23.0. The Balaban J connectivity index is 1.47. The second-order valence-electron chi connectivity index (χ2n) is 8.23. The van der Waals surface area contributed by atoms with Gasteiger partial charge in [-0.2, -0.15) is 0 Å². The maximum atomic E-state index is 13.0. The molecule has 4 aromatic rings. The van der Waals surface area contributed by atoms with Crippen LogP contribution in [0.4, 0.5) is 0 Å². The molecule has 0 fully saturated rings. The first kappa shape index (κ1) is 22.5. The summed E-state index contributed by atoms with van der Waals surface area (Å²) >= 11 is 0. The molecule has 0 saturated carbocycles. The standard InChI is InChI=1S/C27H29N3O3/c1-2-22(31)11-7-4-8-12-23(27-29-18-25(33-27)20-9-5-3-6-10-20)30-26(32)21-14-13-19-15-16-28-24(19)17-21/h3,5-6,9-10,13-18,23,28H,2,4,7-8,11-12H2,1H3,(H,30,32)/t23-/m0/s1. The van der Waals surface area contributed by atoms with Crippen molar-refractivity contribution < 1.29 is 14.0 Å². The van der Waals surface area contributed by atoms with Gasteiger partial charge in [-0.15, -0.1) is 0 Å². The van der Waals surface area contributed by atoms with Gasteiger partial charge in [-0.3, -0.25) is 9.59 Å². The summed E-state index contributed by atoms with van der Waals surface area (Å²) in [4.78, 5) is 32.2. The van der Waals surface area contributed by atoms with Gasteiger partial charge in [0.05, 0.1) is 6.20 Å². The van der Waals surface area contributed by atoms with E-state index in [0.717, 1.165) is 35.7 Å². The van der Waals surface area contributed by atoms with E-state index in [1.165, 1.54) is 0 Å². The number of aromatic nitrogens is 2. The van der Waals surface area contributed by atoms with E-state index in [2.05, 4.69) is 15.3 Å². The molecule has 0 aliphatic heterocycles. The van der Waals surface area contributed by atoms with Crippen LogP contribution in [0.1, 0.15) is 67.7 Å². The first-order chi connectivity index (χ1) is 16.1. The number of fused-ring (bicyclic) bond motifs is 1. The van der Waals surface area contributed by atoms with Gasteiger partial charge in [-0.1, -0.05) is 56.2 Å². The van der Waals surface area contributed by atoms with Crippen LogP contribution in [-0.2, 0) is 4.79 Å². The number of H-pyrrole nitrogens is 1. The van der Waals surface area contributed by atoms with Gasteiger partial charge < -0.3 is 14.7 Å². The normalized spacial score (nSPS) is 12.0. The molecule has 1 atom stereocenters. The van der Waals surface area contributed by atoms with Crippen LogP contribution in [0.25, 0.3) is 22.2 Å². The highest BCUT2D eigenvalue weighted by atomic mass is 16.4. The molecular formula is C27H29N3O3. The third kappa shape index (κ3) is 5.77. The number of nitrogens with one attached hydrogen (secondary N) is 2. The highest BCUT2D eigenvalue weighted by Crippen LogP contribution is 2.26. The average molecular weight is 444 g/mol. The largest absolute Gasteiger partial charge is 0.438 e. The van der Waals surface area contributed by atoms with Gasteiger partial charge in [0.25, 0.3) is 5.91 Å². The predicted octanol–water partition coefficient (Wildman–Crippen LogP) is 6.22. The van der Waals surface area contributed by atoms with Crippen molar-refractivity contribution in [1.29, 1.82) is 0 Å². The van der Waals surface area contributed by atoms with Crippen LogP contribution in [0.15, 0.2) is 71.4 Å². The summed E-state index contributed by atoms with van der Waals surface area (Å²) in [6.07, 6.45) is 8.08. The summed E-state index contributed by atoms with van der Waals surface area (Å²) in [6.45, 7) is 1.89. The SMILES string of the molecule is CCC(=O)CCCCC[C@H](NC(=O)c1ccc2cc[nH]c2c1)c1ncc(-c2ccccc2)o1. The minimum Gasteiger partial charge on any atom is -0.438 e. The summed E-state index contributed by atoms with van der Waals surface area (Å²) in [5.41, 5.74) is 2.44. The molecule has 6 nitrogen and oxygen atoms in total. The maximum absolute atomic E-state index is 13.0. The molecule has 2 aromatic carbocycles. The van der Waals surface area contributed by atoms with Gasteiger partial charge in [0.15, 0.2) is 5.76 Å². The molecule has 0 saturated heterocycles. The molecule has 0 unspecified atom stereocenters. The van der Waals surface area contributed by atoms with Crippen LogP contribution < -0.4 is 5.32 Å². The van der Waals surface area contributed by atoms with Gasteiger partial charge >= 0.3 is 0 Å². The molecule has 4 rings (SSSR count). The zero-order valence-electron chi connectivity index (χ0n) is 18.8. The van der Waals surface area contributed by atoms with Crippen molar-refractivity contribution >= 4 is 22.6 Å². The van der Waals surface area contributed by atoms with Crippen LogP contribution in [0, 0.1) is 0 Å². The van der Waals surface area contributed by atoms with Crippen molar-refractivity contribution in [3.05, 3.63) is 78.4 Å². The Kier molecular flexibility index (Phi) is 7.35. The van der Waals surface area contributed by atoms with Crippen LogP contribution >= 0.6 is 0 Å². The molecule has 33 heavy (non-hydrogen) atoms. The molecule has 1 amide bonds. The summed E-state index contributed by atoms with van der Waals surface area (Å²) in [7, 11) is 0. The summed E-state index contributed by atoms with van der Waals surface area (Å²) in [5.74, 6) is 1.29. The Hall–Kier alpha value is -3.67. The van der Waals surface area contributed by atoms with Gasteiger partial charge in [0.2, 0.25) is 5.89 Å². The number of nitrogens with zero attached hydrogens (tertiary/aromatic N) is 1. The molecule has 0 aliphatic carbocycles. The average Bonchev–Trinajstić information content (AvgIpc) is 3.52. The minimum atomic E-state index is -0.351. The van der Waals surface area contributed by atoms with Crippen LogP contribution in [0.3, 0.4) is 0 Å². The molecule has 170 valence electrons. The number of Topliss-reactive ketones (excluding diaryl/α,β-unsaturated/α-hetero) is 1. The molecule has 6 heteroatoms. The number of carbonyl (C=O) groups excluding carboxylic acids is 2. The Bertz CT molecular complexity index is 1210. The van der Waals surface area contributed by atoms with E-state index in [9.17, 15) is 9.59 Å². The van der Waals surface area contributed by atoms with Crippen molar-refractivity contribution in [2.75, 3.05) is 0 Å². The summed E-state index contributed by atoms with van der Waals surface area (Å²) in [6, 6.07) is 17.0. The summed E-state index contributed by atoms with van der Waals surface area (Å²) < 4.78 is 6.05. The number of rotatable bonds is 11. The lowest BCUT2D eigenvalue weighted by Crippen LogP contribution is -2.28. The Morgan fingerprint density at radius 2 is 1.91 bits per heavy atom. The number of aromatic amines is 1. The third-order valence-corrected chi connectivity index (χ3v) is 5.85. The van der Waals surface area contributed by atoms with Gasteiger partial charge in [0.1, 0.15) is 11.8 Å².